The topological polar surface area (TPSA) is 104 Å². The molecule has 2 rings (SSSR count). The molecule has 2 aromatic rings. The van der Waals surface area contributed by atoms with Crippen LogP contribution in [0.25, 0.3) is 0 Å². The lowest BCUT2D eigenvalue weighted by molar-refractivity contribution is 0.0697. The summed E-state index contributed by atoms with van der Waals surface area (Å²) in [5.41, 5.74) is 0.0303. The fourth-order valence-corrected chi connectivity index (χ4v) is 1.77. The molecule has 3 N–H and O–H groups in total. The van der Waals surface area contributed by atoms with Gasteiger partial charge in [-0.2, -0.15) is 0 Å². The number of hydrogen-bond donors (Lipinski definition) is 3. The molecule has 0 aliphatic heterocycles. The third-order valence-electron chi connectivity index (χ3n) is 2.48. The monoisotopic (exact) mass is 295 g/mol. The Morgan fingerprint density at radius 3 is 2.85 bits per heavy atom. The van der Waals surface area contributed by atoms with E-state index < -0.39 is 11.5 Å². The number of nitrogens with zero attached hydrogens (tertiary/aromatic N) is 1. The Hall–Kier alpha value is -2.54. The van der Waals surface area contributed by atoms with Crippen molar-refractivity contribution in [3.8, 4) is 5.75 Å². The van der Waals surface area contributed by atoms with E-state index in [0.717, 1.165) is 0 Å². The van der Waals surface area contributed by atoms with E-state index in [4.69, 9.17) is 21.4 Å². The third-order valence-corrected chi connectivity index (χ3v) is 2.80. The fraction of sp³-hybridized carbons (Fsp3) is 0.0833. The number of carbonyl (C=O) groups is 1. The average molecular weight is 296 g/mol. The van der Waals surface area contributed by atoms with Crippen LogP contribution in [-0.4, -0.2) is 28.2 Å². The molecule has 20 heavy (non-hydrogen) atoms. The molecule has 0 amide bonds. The van der Waals surface area contributed by atoms with Gasteiger partial charge in [-0.25, -0.2) is 9.78 Å². The lowest BCUT2D eigenvalue weighted by Gasteiger charge is -2.10. The number of aromatic nitrogens is 2. The number of carboxylic acids is 1. The number of methoxy groups -OCH3 is 1. The number of aromatic carboxylic acids is 1. The molecule has 0 saturated carbocycles. The molecule has 7 nitrogen and oxygen atoms in total. The van der Waals surface area contributed by atoms with Crippen molar-refractivity contribution in [3.05, 3.63) is 45.5 Å². The molecule has 0 fully saturated rings. The van der Waals surface area contributed by atoms with Crippen molar-refractivity contribution in [3.63, 3.8) is 0 Å². The quantitative estimate of drug-likeness (QED) is 0.795. The van der Waals surface area contributed by atoms with Crippen molar-refractivity contribution >= 4 is 29.1 Å². The molecule has 0 atom stereocenters. The fourth-order valence-electron chi connectivity index (χ4n) is 1.54. The summed E-state index contributed by atoms with van der Waals surface area (Å²) in [5, 5.41) is 11.9. The van der Waals surface area contributed by atoms with Crippen LogP contribution in [0.15, 0.2) is 29.3 Å². The first-order valence-corrected chi connectivity index (χ1v) is 5.82. The van der Waals surface area contributed by atoms with Gasteiger partial charge in [0.2, 0.25) is 5.75 Å². The Bertz CT molecular complexity index is 714. The third kappa shape index (κ3) is 2.72. The van der Waals surface area contributed by atoms with E-state index >= 15 is 0 Å². The maximum atomic E-state index is 11.5. The van der Waals surface area contributed by atoms with Crippen LogP contribution in [0.5, 0.6) is 5.75 Å². The Labute approximate surface area is 118 Å². The number of aromatic amines is 1. The van der Waals surface area contributed by atoms with Gasteiger partial charge in [0, 0.05) is 0 Å². The van der Waals surface area contributed by atoms with E-state index in [0.29, 0.717) is 5.69 Å². The number of hydrogen-bond acceptors (Lipinski definition) is 5. The second-order valence-corrected chi connectivity index (χ2v) is 4.15. The van der Waals surface area contributed by atoms with E-state index in [2.05, 4.69) is 15.3 Å². The first kappa shape index (κ1) is 13.9. The summed E-state index contributed by atoms with van der Waals surface area (Å²) in [7, 11) is 1.34. The van der Waals surface area contributed by atoms with Gasteiger partial charge in [-0.1, -0.05) is 11.6 Å². The van der Waals surface area contributed by atoms with Gasteiger partial charge >= 0.3 is 5.97 Å². The van der Waals surface area contributed by atoms with E-state index in [1.807, 2.05) is 0 Å². The van der Waals surface area contributed by atoms with Crippen LogP contribution >= 0.6 is 11.6 Å². The standard InChI is InChI=1S/C12H10ClN3O4/c1-20-9-10(14-5-15-11(9)17)16-8-3-2-6(12(18)19)4-7(8)13/h2-5H,1H3,(H,18,19)(H2,14,15,16,17). The van der Waals surface area contributed by atoms with Gasteiger partial charge in [0.15, 0.2) is 5.82 Å². The SMILES string of the molecule is COc1c(Nc2ccc(C(=O)O)cc2Cl)nc[nH]c1=O. The van der Waals surface area contributed by atoms with Crippen molar-refractivity contribution in [2.24, 2.45) is 0 Å². The number of ether oxygens (including phenoxy) is 1. The minimum atomic E-state index is -1.08. The van der Waals surface area contributed by atoms with Crippen molar-refractivity contribution < 1.29 is 14.6 Å². The van der Waals surface area contributed by atoms with Crippen LogP contribution < -0.4 is 15.6 Å². The van der Waals surface area contributed by atoms with Gasteiger partial charge < -0.3 is 20.1 Å². The first-order valence-electron chi connectivity index (χ1n) is 5.44. The van der Waals surface area contributed by atoms with Crippen LogP contribution in [0.1, 0.15) is 10.4 Å². The van der Waals surface area contributed by atoms with Crippen LogP contribution in [0.3, 0.4) is 0 Å². The lowest BCUT2D eigenvalue weighted by Crippen LogP contribution is -2.12. The Morgan fingerprint density at radius 2 is 2.25 bits per heavy atom. The Morgan fingerprint density at radius 1 is 1.50 bits per heavy atom. The molecular formula is C12H10ClN3O4. The molecule has 0 aliphatic carbocycles. The average Bonchev–Trinajstić information content (AvgIpc) is 2.41. The Balaban J connectivity index is 2.38. The van der Waals surface area contributed by atoms with Crippen LogP contribution in [-0.2, 0) is 0 Å². The normalized spacial score (nSPS) is 10.1. The van der Waals surface area contributed by atoms with Crippen molar-refractivity contribution in [2.45, 2.75) is 0 Å². The number of nitrogens with one attached hydrogen (secondary N) is 2. The molecule has 8 heteroatoms. The van der Waals surface area contributed by atoms with Crippen molar-refractivity contribution in [1.29, 1.82) is 0 Å². The summed E-state index contributed by atoms with van der Waals surface area (Å²) in [6.45, 7) is 0. The number of benzene rings is 1. The van der Waals surface area contributed by atoms with Gasteiger partial charge in [0.05, 0.1) is 29.7 Å². The van der Waals surface area contributed by atoms with E-state index in [-0.39, 0.29) is 22.2 Å². The Kier molecular flexibility index (Phi) is 3.90. The predicted octanol–water partition coefficient (Wildman–Crippen LogP) is 1.87. The van der Waals surface area contributed by atoms with E-state index in [1.54, 1.807) is 0 Å². The largest absolute Gasteiger partial charge is 0.489 e. The van der Waals surface area contributed by atoms with Gasteiger partial charge in [-0.15, -0.1) is 0 Å². The minimum absolute atomic E-state index is 0.00544. The molecule has 0 aliphatic rings. The molecule has 104 valence electrons. The van der Waals surface area contributed by atoms with Crippen LogP contribution in [0.2, 0.25) is 5.02 Å². The summed E-state index contributed by atoms with van der Waals surface area (Å²) < 4.78 is 4.94. The molecule has 0 unspecified atom stereocenters. The molecule has 0 saturated heterocycles. The van der Waals surface area contributed by atoms with Gasteiger partial charge in [0.25, 0.3) is 5.56 Å². The number of anilines is 2. The highest BCUT2D eigenvalue weighted by atomic mass is 35.5. The molecule has 1 aromatic heterocycles. The van der Waals surface area contributed by atoms with E-state index in [1.165, 1.54) is 31.6 Å². The summed E-state index contributed by atoms with van der Waals surface area (Å²) in [5.74, 6) is -0.891. The van der Waals surface area contributed by atoms with Crippen molar-refractivity contribution in [1.82, 2.24) is 9.97 Å². The highest BCUT2D eigenvalue weighted by Gasteiger charge is 2.12. The van der Waals surface area contributed by atoms with Gasteiger partial charge in [-0.3, -0.25) is 4.79 Å². The maximum Gasteiger partial charge on any atom is 0.335 e. The minimum Gasteiger partial charge on any atom is -0.489 e. The van der Waals surface area contributed by atoms with Crippen LogP contribution in [0.4, 0.5) is 11.5 Å². The highest BCUT2D eigenvalue weighted by Crippen LogP contribution is 2.28. The molecule has 0 radical (unpaired) electrons. The highest BCUT2D eigenvalue weighted by molar-refractivity contribution is 6.33. The number of H-pyrrole nitrogens is 1. The molecule has 0 spiro atoms. The maximum absolute atomic E-state index is 11.5. The van der Waals surface area contributed by atoms with Crippen LogP contribution in [0, 0.1) is 0 Å². The zero-order chi connectivity index (χ0) is 14.7. The second kappa shape index (κ2) is 5.62. The zero-order valence-electron chi connectivity index (χ0n) is 10.3. The summed E-state index contributed by atoms with van der Waals surface area (Å²) in [6, 6.07) is 4.16. The molecular weight excluding hydrogens is 286 g/mol. The smallest absolute Gasteiger partial charge is 0.335 e. The first-order chi connectivity index (χ1) is 9.52. The zero-order valence-corrected chi connectivity index (χ0v) is 11.1. The van der Waals surface area contributed by atoms with Gasteiger partial charge in [0.1, 0.15) is 0 Å². The van der Waals surface area contributed by atoms with Crippen molar-refractivity contribution in [2.75, 3.05) is 12.4 Å². The number of halogens is 1. The molecule has 0 bridgehead atoms. The molecule has 1 heterocycles. The van der Waals surface area contributed by atoms with E-state index in [9.17, 15) is 9.59 Å². The molecule has 1 aromatic carbocycles. The lowest BCUT2D eigenvalue weighted by atomic mass is 10.2. The number of rotatable bonds is 4. The summed E-state index contributed by atoms with van der Waals surface area (Å²) in [6.07, 6.45) is 1.21. The predicted molar refractivity (Wildman–Crippen MR) is 73.1 cm³/mol. The summed E-state index contributed by atoms with van der Waals surface area (Å²) in [4.78, 5) is 28.6. The van der Waals surface area contributed by atoms with Gasteiger partial charge in [-0.05, 0) is 18.2 Å². The summed E-state index contributed by atoms with van der Waals surface area (Å²) >= 11 is 5.98. The number of carboxylic acid groups (broad SMARTS) is 1. The second-order valence-electron chi connectivity index (χ2n) is 3.74.